The van der Waals surface area contributed by atoms with Crippen LogP contribution in [0.4, 0.5) is 0 Å². The molecule has 0 aromatic heterocycles. The van der Waals surface area contributed by atoms with Gasteiger partial charge in [0.25, 0.3) is 0 Å². The molecule has 23 heavy (non-hydrogen) atoms. The topological polar surface area (TPSA) is 59.6 Å². The lowest BCUT2D eigenvalue weighted by molar-refractivity contribution is -0.123. The molecule has 1 fully saturated rings. The Kier molecular flexibility index (Phi) is 7.52. The molecule has 0 unspecified atom stereocenters. The monoisotopic (exact) mass is 320 g/mol. The zero-order chi connectivity index (χ0) is 16.4. The lowest BCUT2D eigenvalue weighted by Crippen LogP contribution is -2.47. The smallest absolute Gasteiger partial charge is 0.222 e. The molecule has 2 rings (SSSR count). The van der Waals surface area contributed by atoms with Crippen LogP contribution in [-0.2, 0) is 20.9 Å². The number of piperidine rings is 1. The van der Waals surface area contributed by atoms with Crippen molar-refractivity contribution in [3.8, 4) is 0 Å². The Bertz CT molecular complexity index is 453. The molecule has 1 aromatic rings. The minimum absolute atomic E-state index is 0.0482. The normalized spacial score (nSPS) is 16.9. The minimum atomic E-state index is 0.0482. The summed E-state index contributed by atoms with van der Waals surface area (Å²) in [6, 6.07) is 9.99. The number of hydrogen-bond acceptors (Lipinski definition) is 4. The average Bonchev–Trinajstić information content (AvgIpc) is 2.59. The Morgan fingerprint density at radius 3 is 2.70 bits per heavy atom. The van der Waals surface area contributed by atoms with E-state index in [1.165, 1.54) is 0 Å². The van der Waals surface area contributed by atoms with Crippen LogP contribution in [-0.4, -0.2) is 45.9 Å². The van der Waals surface area contributed by atoms with Crippen LogP contribution in [0.5, 0.6) is 0 Å². The van der Waals surface area contributed by atoms with Gasteiger partial charge in [-0.15, -0.1) is 0 Å². The first kappa shape index (κ1) is 17.9. The Labute approximate surface area is 138 Å². The van der Waals surface area contributed by atoms with E-state index in [1.54, 1.807) is 7.11 Å². The summed E-state index contributed by atoms with van der Waals surface area (Å²) >= 11 is 0. The highest BCUT2D eigenvalue weighted by atomic mass is 16.5. The van der Waals surface area contributed by atoms with Gasteiger partial charge in [-0.25, -0.2) is 0 Å². The molecule has 1 aromatic carbocycles. The van der Waals surface area contributed by atoms with Crippen molar-refractivity contribution >= 4 is 5.91 Å². The van der Waals surface area contributed by atoms with Crippen molar-refractivity contribution in [2.75, 3.05) is 40.0 Å². The number of carbonyl (C=O) groups excluding carboxylic acids is 1. The third kappa shape index (κ3) is 6.29. The largest absolute Gasteiger partial charge is 0.384 e. The molecule has 0 bridgehead atoms. The summed E-state index contributed by atoms with van der Waals surface area (Å²) in [5, 5.41) is 6.40. The highest BCUT2D eigenvalue weighted by Gasteiger charge is 2.32. The number of ether oxygens (including phenoxy) is 2. The van der Waals surface area contributed by atoms with Gasteiger partial charge in [-0.05, 0) is 31.5 Å². The predicted octanol–water partition coefficient (Wildman–Crippen LogP) is 1.73. The molecule has 0 saturated carbocycles. The molecule has 5 nitrogen and oxygen atoms in total. The van der Waals surface area contributed by atoms with Gasteiger partial charge in [-0.3, -0.25) is 4.79 Å². The molecular weight excluding hydrogens is 292 g/mol. The van der Waals surface area contributed by atoms with Crippen LogP contribution in [0.15, 0.2) is 30.3 Å². The van der Waals surface area contributed by atoms with Crippen LogP contribution in [0.3, 0.4) is 0 Å². The molecule has 1 saturated heterocycles. The molecule has 1 heterocycles. The summed E-state index contributed by atoms with van der Waals surface area (Å²) < 4.78 is 10.9. The maximum Gasteiger partial charge on any atom is 0.222 e. The zero-order valence-corrected chi connectivity index (χ0v) is 14.0. The van der Waals surface area contributed by atoms with Gasteiger partial charge in [-0.1, -0.05) is 30.3 Å². The molecule has 1 aliphatic heterocycles. The first-order valence-electron chi connectivity index (χ1n) is 8.32. The van der Waals surface area contributed by atoms with Gasteiger partial charge >= 0.3 is 0 Å². The Morgan fingerprint density at radius 2 is 2.00 bits per heavy atom. The summed E-state index contributed by atoms with van der Waals surface area (Å²) in [5.74, 6) is 0.0482. The van der Waals surface area contributed by atoms with Crippen molar-refractivity contribution < 1.29 is 14.3 Å². The third-order valence-electron chi connectivity index (χ3n) is 4.36. The van der Waals surface area contributed by atoms with Crippen LogP contribution < -0.4 is 10.6 Å². The molecule has 0 aliphatic carbocycles. The molecular formula is C18H28N2O3. The van der Waals surface area contributed by atoms with Crippen molar-refractivity contribution in [3.63, 3.8) is 0 Å². The van der Waals surface area contributed by atoms with Crippen LogP contribution in [0.2, 0.25) is 0 Å². The molecule has 1 amide bonds. The fraction of sp³-hybridized carbons (Fsp3) is 0.611. The second-order valence-electron chi connectivity index (χ2n) is 6.25. The van der Waals surface area contributed by atoms with Crippen molar-refractivity contribution in [3.05, 3.63) is 35.9 Å². The van der Waals surface area contributed by atoms with Crippen LogP contribution >= 0.6 is 0 Å². The van der Waals surface area contributed by atoms with Crippen LogP contribution in [0.1, 0.15) is 24.8 Å². The number of methoxy groups -OCH3 is 1. The van der Waals surface area contributed by atoms with E-state index in [0.29, 0.717) is 32.8 Å². The SMILES string of the molecule is COCC1(CNC(=O)CCOCc2ccccc2)CCNCC1. The molecule has 0 radical (unpaired) electrons. The fourth-order valence-electron chi connectivity index (χ4n) is 2.94. The van der Waals surface area contributed by atoms with Crippen LogP contribution in [0.25, 0.3) is 0 Å². The Morgan fingerprint density at radius 1 is 1.26 bits per heavy atom. The van der Waals surface area contributed by atoms with E-state index in [-0.39, 0.29) is 11.3 Å². The summed E-state index contributed by atoms with van der Waals surface area (Å²) in [6.45, 7) is 4.34. The second-order valence-corrected chi connectivity index (χ2v) is 6.25. The quantitative estimate of drug-likeness (QED) is 0.680. The summed E-state index contributed by atoms with van der Waals surface area (Å²) in [7, 11) is 1.73. The van der Waals surface area contributed by atoms with Gasteiger partial charge in [0.05, 0.1) is 19.8 Å². The summed E-state index contributed by atoms with van der Waals surface area (Å²) in [5.41, 5.74) is 1.20. The third-order valence-corrected chi connectivity index (χ3v) is 4.36. The van der Waals surface area contributed by atoms with Gasteiger partial charge in [0, 0.05) is 25.5 Å². The number of carbonyl (C=O) groups is 1. The maximum absolute atomic E-state index is 12.0. The number of nitrogens with one attached hydrogen (secondary N) is 2. The van der Waals surface area contributed by atoms with Gasteiger partial charge in [-0.2, -0.15) is 0 Å². The van der Waals surface area contributed by atoms with Gasteiger partial charge in [0.2, 0.25) is 5.91 Å². The second kappa shape index (κ2) is 9.65. The van der Waals surface area contributed by atoms with Crippen molar-refractivity contribution in [2.24, 2.45) is 5.41 Å². The highest BCUT2D eigenvalue weighted by Crippen LogP contribution is 2.28. The van der Waals surface area contributed by atoms with Crippen molar-refractivity contribution in [1.82, 2.24) is 10.6 Å². The van der Waals surface area contributed by atoms with E-state index in [4.69, 9.17) is 9.47 Å². The number of benzene rings is 1. The molecule has 128 valence electrons. The molecule has 2 N–H and O–H groups in total. The number of hydrogen-bond donors (Lipinski definition) is 2. The van der Waals surface area contributed by atoms with E-state index in [0.717, 1.165) is 31.5 Å². The van der Waals surface area contributed by atoms with E-state index in [2.05, 4.69) is 10.6 Å². The predicted molar refractivity (Wildman–Crippen MR) is 90.1 cm³/mol. The minimum Gasteiger partial charge on any atom is -0.384 e. The number of amides is 1. The molecule has 0 spiro atoms. The zero-order valence-electron chi connectivity index (χ0n) is 14.0. The fourth-order valence-corrected chi connectivity index (χ4v) is 2.94. The summed E-state index contributed by atoms with van der Waals surface area (Å²) in [4.78, 5) is 12.0. The van der Waals surface area contributed by atoms with E-state index in [1.807, 2.05) is 30.3 Å². The maximum atomic E-state index is 12.0. The highest BCUT2D eigenvalue weighted by molar-refractivity contribution is 5.76. The molecule has 1 aliphatic rings. The molecule has 5 heteroatoms. The van der Waals surface area contributed by atoms with E-state index in [9.17, 15) is 4.79 Å². The lowest BCUT2D eigenvalue weighted by Gasteiger charge is -2.37. The molecule has 0 atom stereocenters. The van der Waals surface area contributed by atoms with Gasteiger partial charge in [0.15, 0.2) is 0 Å². The van der Waals surface area contributed by atoms with E-state index < -0.39 is 0 Å². The summed E-state index contributed by atoms with van der Waals surface area (Å²) in [6.07, 6.45) is 2.46. The van der Waals surface area contributed by atoms with Gasteiger partial charge in [0.1, 0.15) is 0 Å². The average molecular weight is 320 g/mol. The Balaban J connectivity index is 1.64. The van der Waals surface area contributed by atoms with Crippen LogP contribution in [0, 0.1) is 5.41 Å². The van der Waals surface area contributed by atoms with Crippen molar-refractivity contribution in [1.29, 1.82) is 0 Å². The number of rotatable bonds is 9. The van der Waals surface area contributed by atoms with Crippen molar-refractivity contribution in [2.45, 2.75) is 25.9 Å². The van der Waals surface area contributed by atoms with E-state index >= 15 is 0 Å². The lowest BCUT2D eigenvalue weighted by atomic mass is 9.79. The first-order valence-corrected chi connectivity index (χ1v) is 8.32. The Hall–Kier alpha value is -1.43. The first-order chi connectivity index (χ1) is 11.2. The van der Waals surface area contributed by atoms with Gasteiger partial charge < -0.3 is 20.1 Å². The standard InChI is InChI=1S/C18H28N2O3/c1-22-15-18(8-10-19-11-9-18)14-20-17(21)7-12-23-13-16-5-3-2-4-6-16/h2-6,19H,7-15H2,1H3,(H,20,21).